The first-order chi connectivity index (χ1) is 19.8. The monoisotopic (exact) mass is 594 g/mol. The van der Waals surface area contributed by atoms with Gasteiger partial charge in [0.25, 0.3) is 0 Å². The van der Waals surface area contributed by atoms with Gasteiger partial charge >= 0.3 is 6.16 Å². The molecule has 0 saturated carbocycles. The van der Waals surface area contributed by atoms with Crippen molar-refractivity contribution < 1.29 is 27.4 Å². The van der Waals surface area contributed by atoms with Gasteiger partial charge in [0.15, 0.2) is 0 Å². The van der Waals surface area contributed by atoms with E-state index in [4.69, 9.17) is 14.2 Å². The first-order valence-corrected chi connectivity index (χ1v) is 15.6. The molecule has 41 heavy (non-hydrogen) atoms. The van der Waals surface area contributed by atoms with E-state index in [1.807, 2.05) is 60.0 Å². The van der Waals surface area contributed by atoms with E-state index in [2.05, 4.69) is 13.5 Å². The van der Waals surface area contributed by atoms with Gasteiger partial charge in [-0.1, -0.05) is 31.5 Å². The van der Waals surface area contributed by atoms with Crippen molar-refractivity contribution in [2.24, 2.45) is 0 Å². The molecule has 0 aliphatic carbocycles. The molecule has 1 N–H and O–H groups in total. The highest BCUT2D eigenvalue weighted by Crippen LogP contribution is 2.42. The van der Waals surface area contributed by atoms with Gasteiger partial charge in [-0.05, 0) is 66.9 Å². The molecule has 214 valence electrons. The molecule has 3 aromatic carbocycles. The molecule has 0 aliphatic heterocycles. The predicted octanol–water partition coefficient (Wildman–Crippen LogP) is 6.45. The Morgan fingerprint density at radius 1 is 1.00 bits per heavy atom. The van der Waals surface area contributed by atoms with Crippen LogP contribution in [0.4, 0.5) is 10.5 Å². The molecule has 0 bridgehead atoms. The van der Waals surface area contributed by atoms with Crippen LogP contribution < -0.4 is 14.2 Å². The third kappa shape index (κ3) is 6.28. The number of nitrogens with one attached hydrogen (secondary N) is 1. The molecule has 0 atom stereocenters. The largest absolute Gasteiger partial charge is 0.515 e. The lowest BCUT2D eigenvalue weighted by Crippen LogP contribution is -2.16. The Morgan fingerprint density at radius 3 is 2.51 bits per heavy atom. The second-order valence-electron chi connectivity index (χ2n) is 9.37. The van der Waals surface area contributed by atoms with E-state index in [9.17, 15) is 13.2 Å². The van der Waals surface area contributed by atoms with Crippen molar-refractivity contribution in [1.82, 2.24) is 13.3 Å². The van der Waals surface area contributed by atoms with Gasteiger partial charge in [0.1, 0.15) is 16.8 Å². The van der Waals surface area contributed by atoms with Crippen LogP contribution in [0.5, 0.6) is 11.6 Å². The minimum atomic E-state index is -3.54. The third-order valence-corrected chi connectivity index (χ3v) is 8.46. The molecule has 0 amide bonds. The minimum absolute atomic E-state index is 0.0268. The highest BCUT2D eigenvalue weighted by Gasteiger charge is 2.24. The van der Waals surface area contributed by atoms with E-state index >= 15 is 0 Å². The second kappa shape index (κ2) is 12.1. The number of carbonyl (C=O) groups is 1. The summed E-state index contributed by atoms with van der Waals surface area (Å²) in [5.74, 6) is 0.963. The molecule has 10 nitrogen and oxygen atoms in total. The smallest absolute Gasteiger partial charge is 0.497 e. The Bertz CT molecular complexity index is 1800. The van der Waals surface area contributed by atoms with Gasteiger partial charge in [-0.2, -0.15) is 8.75 Å². The van der Waals surface area contributed by atoms with Crippen molar-refractivity contribution in [1.29, 1.82) is 0 Å². The molecule has 0 saturated heterocycles. The summed E-state index contributed by atoms with van der Waals surface area (Å²) >= 11 is 1.14. The van der Waals surface area contributed by atoms with E-state index in [1.54, 1.807) is 26.2 Å². The van der Waals surface area contributed by atoms with Crippen molar-refractivity contribution >= 4 is 55.5 Å². The highest BCUT2D eigenvalue weighted by atomic mass is 32.2. The molecule has 0 spiro atoms. The molecule has 0 unspecified atom stereocenters. The van der Waals surface area contributed by atoms with Crippen molar-refractivity contribution in [2.75, 3.05) is 24.2 Å². The van der Waals surface area contributed by atoms with Crippen molar-refractivity contribution in [3.63, 3.8) is 0 Å². The normalized spacial score (nSPS) is 11.6. The summed E-state index contributed by atoms with van der Waals surface area (Å²) in [6.07, 6.45) is 0.481. The number of rotatable bonds is 11. The quantitative estimate of drug-likeness (QED) is 0.173. The van der Waals surface area contributed by atoms with Crippen LogP contribution in [0, 0.1) is 0 Å². The summed E-state index contributed by atoms with van der Waals surface area (Å²) in [5, 5.41) is 0.696. The van der Waals surface area contributed by atoms with Crippen LogP contribution >= 0.6 is 11.7 Å². The fourth-order valence-electron chi connectivity index (χ4n) is 4.59. The zero-order chi connectivity index (χ0) is 29.0. The summed E-state index contributed by atoms with van der Waals surface area (Å²) in [6.45, 7) is 4.14. The average molecular weight is 595 g/mol. The van der Waals surface area contributed by atoms with Gasteiger partial charge in [-0.25, -0.2) is 13.2 Å². The van der Waals surface area contributed by atoms with Gasteiger partial charge in [0.05, 0.1) is 48.8 Å². The number of ether oxygens (including phenoxy) is 3. The fraction of sp³-hybridized carbons (Fsp3) is 0.276. The number of hydrogen-bond donors (Lipinski definition) is 1. The average Bonchev–Trinajstić information content (AvgIpc) is 3.54. The number of fused-ring (bicyclic) bond motifs is 2. The van der Waals surface area contributed by atoms with Crippen LogP contribution in [0.2, 0.25) is 0 Å². The summed E-state index contributed by atoms with van der Waals surface area (Å²) in [4.78, 5) is 12.7. The Hall–Kier alpha value is -4.16. The molecular formula is C29H30N4O6S2. The first-order valence-electron chi connectivity index (χ1n) is 13.2. The molecule has 5 rings (SSSR count). The number of unbranched alkanes of at least 4 members (excludes halogenated alkanes) is 1. The molecule has 0 fully saturated rings. The SMILES string of the molecule is CCCCS(=O)(=O)Nc1ccc2c(c1)c(-c1ccc(OC)cc1)c(OC(=O)OCC)n2Cc1ccc2nsnc2c1. The first kappa shape index (κ1) is 28.4. The molecule has 0 aliphatic rings. The molecule has 0 radical (unpaired) electrons. The zero-order valence-electron chi connectivity index (χ0n) is 22.9. The van der Waals surface area contributed by atoms with E-state index in [0.29, 0.717) is 35.4 Å². The maximum Gasteiger partial charge on any atom is 0.515 e. The fourth-order valence-corrected chi connectivity index (χ4v) is 6.37. The van der Waals surface area contributed by atoms with E-state index in [-0.39, 0.29) is 18.2 Å². The van der Waals surface area contributed by atoms with Crippen molar-refractivity contribution in [3.05, 3.63) is 66.2 Å². The summed E-state index contributed by atoms with van der Waals surface area (Å²) in [7, 11) is -1.95. The van der Waals surface area contributed by atoms with Gasteiger partial charge in [0.2, 0.25) is 15.9 Å². The summed E-state index contributed by atoms with van der Waals surface area (Å²) < 4.78 is 55.0. The predicted molar refractivity (Wildman–Crippen MR) is 160 cm³/mol. The van der Waals surface area contributed by atoms with Crippen LogP contribution in [0.1, 0.15) is 32.3 Å². The number of carbonyl (C=O) groups excluding carboxylic acids is 1. The van der Waals surface area contributed by atoms with E-state index in [0.717, 1.165) is 45.8 Å². The van der Waals surface area contributed by atoms with Crippen LogP contribution in [0.25, 0.3) is 33.1 Å². The number of benzene rings is 3. The lowest BCUT2D eigenvalue weighted by atomic mass is 10.0. The number of sulfonamides is 1. The van der Waals surface area contributed by atoms with Crippen molar-refractivity contribution in [3.8, 4) is 22.8 Å². The standard InChI is InChI=1S/C29H30N4O6S2/c1-4-6-15-41(35,36)32-21-10-14-26-23(17-21)27(20-8-11-22(37-3)12-9-20)28(39-29(34)38-5-2)33(26)18-19-7-13-24-25(16-19)31-40-30-24/h7-14,16-17,32H,4-6,15,18H2,1-3H3. The topological polar surface area (TPSA) is 122 Å². The molecule has 12 heteroatoms. The summed E-state index contributed by atoms with van der Waals surface area (Å²) in [5.41, 5.74) is 5.01. The van der Waals surface area contributed by atoms with Gasteiger partial charge in [-0.3, -0.25) is 4.72 Å². The maximum atomic E-state index is 12.7. The van der Waals surface area contributed by atoms with Gasteiger partial charge in [0, 0.05) is 11.1 Å². The number of nitrogens with zero attached hydrogens (tertiary/aromatic N) is 3. The maximum absolute atomic E-state index is 12.7. The van der Waals surface area contributed by atoms with E-state index < -0.39 is 16.2 Å². The molecular weight excluding hydrogens is 564 g/mol. The van der Waals surface area contributed by atoms with Gasteiger partial charge < -0.3 is 18.8 Å². The lowest BCUT2D eigenvalue weighted by molar-refractivity contribution is 0.101. The van der Waals surface area contributed by atoms with Crippen LogP contribution in [-0.2, 0) is 21.3 Å². The second-order valence-corrected chi connectivity index (χ2v) is 11.7. The summed E-state index contributed by atoms with van der Waals surface area (Å²) in [6, 6.07) is 18.4. The molecule has 5 aromatic rings. The van der Waals surface area contributed by atoms with Gasteiger partial charge in [-0.15, -0.1) is 0 Å². The van der Waals surface area contributed by atoms with Crippen LogP contribution in [0.15, 0.2) is 60.7 Å². The highest BCUT2D eigenvalue weighted by molar-refractivity contribution is 7.92. The minimum Gasteiger partial charge on any atom is -0.497 e. The van der Waals surface area contributed by atoms with E-state index in [1.165, 1.54) is 0 Å². The Kier molecular flexibility index (Phi) is 8.41. The number of aromatic nitrogens is 3. The Morgan fingerprint density at radius 2 is 1.78 bits per heavy atom. The molecule has 2 aromatic heterocycles. The lowest BCUT2D eigenvalue weighted by Gasteiger charge is -2.13. The van der Waals surface area contributed by atoms with Crippen molar-refractivity contribution in [2.45, 2.75) is 33.2 Å². The third-order valence-electron chi connectivity index (χ3n) is 6.54. The van der Waals surface area contributed by atoms with Crippen LogP contribution in [0.3, 0.4) is 0 Å². The van der Waals surface area contributed by atoms with Crippen LogP contribution in [-0.4, -0.2) is 47.4 Å². The Labute approximate surface area is 242 Å². The molecule has 2 heterocycles. The number of hydrogen-bond acceptors (Lipinski definition) is 9. The zero-order valence-corrected chi connectivity index (χ0v) is 24.5. The Balaban J connectivity index is 1.70. The number of methoxy groups -OCH3 is 1. The number of anilines is 1.